The zero-order valence-electron chi connectivity index (χ0n) is 74.5. The van der Waals surface area contributed by atoms with Crippen molar-refractivity contribution in [1.29, 1.82) is 0 Å². The molecule has 2 saturated carbocycles. The predicted molar refractivity (Wildman–Crippen MR) is 530 cm³/mol. The molecule has 2 saturated heterocycles. The number of carbonyl (C=O) groups is 6. The summed E-state index contributed by atoms with van der Waals surface area (Å²) in [5, 5.41) is 71.0. The number of halogens is 14. The molecule has 4 fully saturated rings. The van der Waals surface area contributed by atoms with Gasteiger partial charge in [0.05, 0.1) is 134 Å². The van der Waals surface area contributed by atoms with E-state index in [1.54, 1.807) is 35.5 Å². The van der Waals surface area contributed by atoms with Crippen molar-refractivity contribution in [2.75, 3.05) is 82.2 Å². The van der Waals surface area contributed by atoms with Gasteiger partial charge in [-0.05, 0) is 250 Å². The van der Waals surface area contributed by atoms with Gasteiger partial charge in [-0.25, -0.2) is 83.8 Å². The van der Waals surface area contributed by atoms with Gasteiger partial charge in [-0.1, -0.05) is 40.2 Å². The molecule has 0 bridgehead atoms. The van der Waals surface area contributed by atoms with Crippen molar-refractivity contribution in [2.45, 2.75) is 111 Å². The van der Waals surface area contributed by atoms with Crippen LogP contribution in [0.25, 0.3) is 45.0 Å². The Hall–Kier alpha value is -12.2. The van der Waals surface area contributed by atoms with E-state index in [1.807, 2.05) is 67.8 Å². The molecular formula is C97H90BrF10I3N18O13. The number of benzene rings is 8. The van der Waals surface area contributed by atoms with Crippen LogP contribution in [-0.4, -0.2) is 188 Å². The van der Waals surface area contributed by atoms with Gasteiger partial charge in [-0.15, -0.1) is 0 Å². The summed E-state index contributed by atoms with van der Waals surface area (Å²) in [5.41, 5.74) is 27.5. The molecule has 6 amide bonds. The molecule has 744 valence electrons. The molecule has 6 heterocycles. The Balaban J connectivity index is 0.000000159. The monoisotopic (exact) mass is 2360 g/mol. The number of nitrogen functional groups attached to an aromatic ring is 4. The Morgan fingerprint density at radius 3 is 1.13 bits per heavy atom. The van der Waals surface area contributed by atoms with Crippen LogP contribution < -0.4 is 49.5 Å². The second-order valence-corrected chi connectivity index (χ2v) is 38.0. The maximum Gasteiger partial charge on any atom is 0.274 e. The van der Waals surface area contributed by atoms with Crippen LogP contribution in [0.2, 0.25) is 0 Å². The lowest BCUT2D eigenvalue weighted by molar-refractivity contribution is -0.136. The van der Waals surface area contributed by atoms with Gasteiger partial charge >= 0.3 is 0 Å². The van der Waals surface area contributed by atoms with Gasteiger partial charge in [0.15, 0.2) is 0 Å². The number of hydrogen-bond donors (Lipinski definition) is 15. The van der Waals surface area contributed by atoms with Crippen LogP contribution in [0.3, 0.4) is 0 Å². The number of nitrogens with two attached hydrogens (primary N) is 4. The van der Waals surface area contributed by atoms with Crippen molar-refractivity contribution in [1.82, 2.24) is 71.4 Å². The third-order valence-corrected chi connectivity index (χ3v) is 25.9. The number of amides is 6. The molecule has 0 radical (unpaired) electrons. The number of nitrogens with zero attached hydrogens (tertiary/aromatic N) is 9. The molecule has 2 aliphatic heterocycles. The number of morpholine rings is 1. The average molecular weight is 2370 g/mol. The lowest BCUT2D eigenvalue weighted by atomic mass is 9.83. The van der Waals surface area contributed by atoms with Crippen LogP contribution in [-0.2, 0) is 9.53 Å². The first-order valence-electron chi connectivity index (χ1n) is 43.8. The van der Waals surface area contributed by atoms with Gasteiger partial charge < -0.3 is 89.8 Å². The normalized spacial score (nSPS) is 17.3. The number of ether oxygens (including phenoxy) is 1. The smallest absolute Gasteiger partial charge is 0.274 e. The number of anilines is 4. The van der Waals surface area contributed by atoms with E-state index < -0.39 is 145 Å². The van der Waals surface area contributed by atoms with E-state index in [0.29, 0.717) is 124 Å². The van der Waals surface area contributed by atoms with Crippen molar-refractivity contribution < 1.29 is 108 Å². The third kappa shape index (κ3) is 27.2. The van der Waals surface area contributed by atoms with Crippen molar-refractivity contribution in [3.8, 4) is 45.0 Å². The fraction of sp³-hybridized carbons (Fsp3) is 0.278. The molecule has 19 N–H and O–H groups in total. The average Bonchev–Trinajstić information content (AvgIpc) is 0.853. The molecule has 4 aliphatic rings. The predicted octanol–water partition coefficient (Wildman–Crippen LogP) is 13.8. The number of rotatable bonds is 24. The fourth-order valence-electron chi connectivity index (χ4n) is 16.1. The Bertz CT molecular complexity index is 6630. The summed E-state index contributed by atoms with van der Waals surface area (Å²) in [6.45, 7) is 0.0530. The summed E-state index contributed by atoms with van der Waals surface area (Å²) in [7, 11) is 0. The zero-order valence-corrected chi connectivity index (χ0v) is 82.6. The van der Waals surface area contributed by atoms with Gasteiger partial charge in [-0.3, -0.25) is 28.8 Å². The van der Waals surface area contributed by atoms with E-state index in [2.05, 4.69) is 82.4 Å². The number of piperidine rings is 1. The lowest BCUT2D eigenvalue weighted by Gasteiger charge is -2.32. The number of aliphatic hydroxyl groups is 6. The molecule has 16 rings (SSSR count). The van der Waals surface area contributed by atoms with Crippen LogP contribution in [0.5, 0.6) is 0 Å². The van der Waals surface area contributed by atoms with Crippen molar-refractivity contribution >= 4 is 142 Å². The first-order valence-corrected chi connectivity index (χ1v) is 47.9. The van der Waals surface area contributed by atoms with E-state index in [-0.39, 0.29) is 128 Å². The minimum absolute atomic E-state index is 0.0119. The first-order chi connectivity index (χ1) is 67.7. The third-order valence-electron chi connectivity index (χ3n) is 23.5. The number of hydrogen-bond acceptors (Lipinski definition) is 25. The van der Waals surface area contributed by atoms with Gasteiger partial charge in [0, 0.05) is 87.7 Å². The van der Waals surface area contributed by atoms with E-state index >= 15 is 4.39 Å². The maximum absolute atomic E-state index is 15.0. The molecule has 9 atom stereocenters. The van der Waals surface area contributed by atoms with E-state index in [1.165, 1.54) is 109 Å². The van der Waals surface area contributed by atoms with Gasteiger partial charge in [-0.2, -0.15) is 0 Å². The topological polar surface area (TPSA) is 504 Å². The SMILES string of the molecule is Nc1ncc(C(=O)N2CCOCC2)nc1-c1ccc(C(=O)N[C@H](CO)c2cc(F)cc(Br)c2)c(F)c1.Nc1ncc(C2CCC(=O)NC2)nc1-c1ccc(C(=O)N[C@H](CO)c2cc(F)cc(I)c2)c(F)c1.Nc1ncc([C@@H]2CC[C@@H](O)C2)nc1-c1ccc(C(=O)N[C@H](CO)c2cc(F)cc(I)c2)c(F)c1.Nc1ncc([C@H]2CC[C@H](O)C(F)(F)C2)nc1-c1ccc(C(=O)N[C@H](CO)c2cc(F)cc(I)c2)c(F)c1. The second-order valence-electron chi connectivity index (χ2n) is 33.4. The lowest BCUT2D eigenvalue weighted by Crippen LogP contribution is -2.41. The van der Waals surface area contributed by atoms with Crippen LogP contribution in [0.4, 0.5) is 67.2 Å². The highest BCUT2D eigenvalue weighted by Gasteiger charge is 2.45. The summed E-state index contributed by atoms with van der Waals surface area (Å²) >= 11 is 8.92. The summed E-state index contributed by atoms with van der Waals surface area (Å²) in [4.78, 5) is 111. The van der Waals surface area contributed by atoms with Crippen LogP contribution in [0, 0.1) is 57.2 Å². The van der Waals surface area contributed by atoms with Gasteiger partial charge in [0.25, 0.3) is 35.5 Å². The van der Waals surface area contributed by atoms with Crippen LogP contribution >= 0.6 is 83.7 Å². The molecule has 45 heteroatoms. The van der Waals surface area contributed by atoms with E-state index in [0.717, 1.165) is 36.8 Å². The molecule has 31 nitrogen and oxygen atoms in total. The Morgan fingerprint density at radius 1 is 0.451 bits per heavy atom. The van der Waals surface area contributed by atoms with Gasteiger partial charge in [0.1, 0.15) is 104 Å². The molecule has 142 heavy (non-hydrogen) atoms. The Kier molecular flexibility index (Phi) is 36.4. The summed E-state index contributed by atoms with van der Waals surface area (Å²) < 4.78 is 150. The summed E-state index contributed by atoms with van der Waals surface area (Å²) in [5.74, 6) is -12.8. The van der Waals surface area contributed by atoms with E-state index in [9.17, 15) is 98.9 Å². The first kappa shape index (κ1) is 107. The largest absolute Gasteiger partial charge is 0.394 e. The molecule has 12 aromatic rings. The summed E-state index contributed by atoms with van der Waals surface area (Å²) in [6.07, 6.45) is 6.21. The fourth-order valence-corrected chi connectivity index (χ4v) is 18.5. The second kappa shape index (κ2) is 48.2. The Morgan fingerprint density at radius 2 is 0.796 bits per heavy atom. The summed E-state index contributed by atoms with van der Waals surface area (Å²) in [6, 6.07) is 27.7. The molecule has 4 aromatic heterocycles. The zero-order chi connectivity index (χ0) is 102. The van der Waals surface area contributed by atoms with Crippen molar-refractivity contribution in [3.63, 3.8) is 0 Å². The molecule has 1 unspecified atom stereocenters. The Labute approximate surface area is 853 Å². The highest BCUT2D eigenvalue weighted by atomic mass is 127. The number of alkyl halides is 2. The number of aliphatic hydroxyl groups excluding tert-OH is 6. The van der Waals surface area contributed by atoms with Crippen LogP contribution in [0.15, 0.2) is 175 Å². The van der Waals surface area contributed by atoms with Gasteiger partial charge in [0.2, 0.25) is 5.91 Å². The minimum Gasteiger partial charge on any atom is -0.394 e. The van der Waals surface area contributed by atoms with Crippen molar-refractivity contribution in [3.05, 3.63) is 299 Å². The minimum atomic E-state index is -3.26. The van der Waals surface area contributed by atoms with Crippen LogP contribution in [0.1, 0.15) is 185 Å². The number of nitrogens with one attached hydrogen (secondary N) is 5. The van der Waals surface area contributed by atoms with Crippen molar-refractivity contribution in [2.24, 2.45) is 0 Å². The molecular weight excluding hydrogens is 2280 g/mol. The highest BCUT2D eigenvalue weighted by Crippen LogP contribution is 2.43. The standard InChI is InChI=1S/C25H23F4IN4O3.C24H22BrF2N5O4.C24H22F2IN5O3.C24H23F2IN4O3/c26-15-5-14(6-16(30)8-15)20(11-35)34-24(37)17-3-1-12(7-18(17)27)22-23(31)32-10-19(33-22)13-2-4-21(36)25(28,29)9-13;25-15-7-14(8-16(26)10-15)20(12-33)31-23(34)17-2-1-13(9-18(17)27)21-22(28)29-11-19(30-21)24(35)32-3-5-36-6-4-32;25-15-5-14(6-16(27)8-15)20(11-33)32-24(35)17-3-1-12(7-18(17)26)22-23(28)30-10-19(31-22)13-2-4-21(34)29-9-13;25-15-5-14(6-16(27)9-15)21(11-32)31-24(34)18-4-2-13(8-19(18)26)22-23(28)29-10-20(30-22)12-1-3-17(33)7-12/h1,3,5-8,10,13,20-21,35-36H,2,4,9,11H2,(H2,31,32)(H,34,37);1-2,7-11,20,33H,3-6,12H2,(H2,28,29)(H,31,34);1,3,5-8,10,13,20,33H,2,4,9,11H2,(H2,28,30)(H,29,34)(H,32,35);2,4-6,8-10,12,17,21,32-33H,1,3,7,11H2,(H2,28,29)(H,31,34)/t13-,20+,21-;20-;13?,20-;12-,17-,21-/m0111/s1. The number of aromatic nitrogens is 8. The molecule has 0 spiro atoms. The molecule has 8 aromatic carbocycles. The molecule has 2 aliphatic carbocycles. The number of carbonyl (C=O) groups excluding carboxylic acids is 6. The van der Waals surface area contributed by atoms with E-state index in [4.69, 9.17) is 27.7 Å². The maximum atomic E-state index is 15.0. The highest BCUT2D eigenvalue weighted by molar-refractivity contribution is 14.1. The quantitative estimate of drug-likeness (QED) is 0.0197.